The van der Waals surface area contributed by atoms with Crippen LogP contribution in [0.4, 0.5) is 5.82 Å². The highest BCUT2D eigenvalue weighted by Crippen LogP contribution is 2.25. The van der Waals surface area contributed by atoms with Gasteiger partial charge in [-0.25, -0.2) is 4.98 Å². The summed E-state index contributed by atoms with van der Waals surface area (Å²) in [6.45, 7) is 7.60. The molecule has 5 nitrogen and oxygen atoms in total. The molecular weight excluding hydrogens is 274 g/mol. The van der Waals surface area contributed by atoms with Crippen molar-refractivity contribution in [1.29, 1.82) is 0 Å². The summed E-state index contributed by atoms with van der Waals surface area (Å²) in [7, 11) is 0. The Hall–Kier alpha value is -1.49. The van der Waals surface area contributed by atoms with Crippen molar-refractivity contribution < 1.29 is 0 Å². The van der Waals surface area contributed by atoms with Gasteiger partial charge in [0.1, 0.15) is 5.82 Å². The number of anilines is 1. The van der Waals surface area contributed by atoms with E-state index in [1.165, 1.54) is 0 Å². The zero-order valence-electron chi connectivity index (χ0n) is 12.1. The van der Waals surface area contributed by atoms with E-state index in [0.29, 0.717) is 11.1 Å². The third kappa shape index (κ3) is 3.76. The molecule has 20 heavy (non-hydrogen) atoms. The first-order valence-electron chi connectivity index (χ1n) is 7.14. The molecule has 110 valence electrons. The van der Waals surface area contributed by atoms with E-state index in [-0.39, 0.29) is 0 Å². The lowest BCUT2D eigenvalue weighted by atomic mass is 10.3. The Morgan fingerprint density at radius 1 is 1.55 bits per heavy atom. The van der Waals surface area contributed by atoms with Crippen LogP contribution in [0.2, 0.25) is 5.02 Å². The van der Waals surface area contributed by atoms with Crippen molar-refractivity contribution in [2.45, 2.75) is 26.3 Å². The van der Waals surface area contributed by atoms with Gasteiger partial charge in [0.05, 0.1) is 5.02 Å². The minimum atomic E-state index is 0.373. The first-order chi connectivity index (χ1) is 9.74. The average molecular weight is 296 g/mol. The zero-order chi connectivity index (χ0) is 14.4. The van der Waals surface area contributed by atoms with Gasteiger partial charge >= 0.3 is 0 Å². The lowest BCUT2D eigenvalue weighted by Gasteiger charge is -2.20. The summed E-state index contributed by atoms with van der Waals surface area (Å²) < 4.78 is 0. The second kappa shape index (κ2) is 7.33. The molecule has 0 radical (unpaired) electrons. The van der Waals surface area contributed by atoms with E-state index in [9.17, 15) is 0 Å². The maximum atomic E-state index is 6.20. The smallest absolute Gasteiger partial charge is 0.191 e. The summed E-state index contributed by atoms with van der Waals surface area (Å²) in [5.41, 5.74) is 0. The lowest BCUT2D eigenvalue weighted by molar-refractivity contribution is 0.650. The van der Waals surface area contributed by atoms with Gasteiger partial charge in [0.2, 0.25) is 0 Å². The molecule has 1 unspecified atom stereocenters. The van der Waals surface area contributed by atoms with Crippen LogP contribution < -0.4 is 15.5 Å². The van der Waals surface area contributed by atoms with Crippen LogP contribution in [-0.4, -0.2) is 43.2 Å². The minimum absolute atomic E-state index is 0.373. The first-order valence-corrected chi connectivity index (χ1v) is 7.52. The molecule has 0 spiro atoms. The monoisotopic (exact) mass is 295 g/mol. The number of pyridine rings is 1. The van der Waals surface area contributed by atoms with Crippen LogP contribution in [0.3, 0.4) is 0 Å². The van der Waals surface area contributed by atoms with Crippen LogP contribution in [0.25, 0.3) is 0 Å². The molecule has 2 rings (SSSR count). The molecule has 1 aromatic heterocycles. The Morgan fingerprint density at radius 2 is 2.40 bits per heavy atom. The Labute approximate surface area is 125 Å². The van der Waals surface area contributed by atoms with Crippen molar-refractivity contribution in [1.82, 2.24) is 15.6 Å². The molecule has 1 fully saturated rings. The highest BCUT2D eigenvalue weighted by atomic mass is 35.5. The summed E-state index contributed by atoms with van der Waals surface area (Å²) in [4.78, 5) is 11.0. The number of aliphatic imine (C=N–C) groups is 1. The largest absolute Gasteiger partial charge is 0.357 e. The van der Waals surface area contributed by atoms with E-state index in [2.05, 4.69) is 32.4 Å². The van der Waals surface area contributed by atoms with Crippen molar-refractivity contribution in [3.63, 3.8) is 0 Å². The van der Waals surface area contributed by atoms with Crippen molar-refractivity contribution in [3.05, 3.63) is 23.4 Å². The number of nitrogens with one attached hydrogen (secondary N) is 2. The number of nitrogens with zero attached hydrogens (tertiary/aromatic N) is 3. The number of hydrogen-bond acceptors (Lipinski definition) is 3. The van der Waals surface area contributed by atoms with Crippen LogP contribution in [0.15, 0.2) is 23.3 Å². The highest BCUT2D eigenvalue weighted by molar-refractivity contribution is 6.32. The fourth-order valence-electron chi connectivity index (χ4n) is 2.35. The van der Waals surface area contributed by atoms with Gasteiger partial charge in [-0.3, -0.25) is 4.99 Å². The fraction of sp³-hybridized carbons (Fsp3) is 0.571. The van der Waals surface area contributed by atoms with E-state index in [4.69, 9.17) is 11.6 Å². The van der Waals surface area contributed by atoms with Crippen molar-refractivity contribution in [2.75, 3.05) is 31.1 Å². The maximum absolute atomic E-state index is 6.20. The predicted molar refractivity (Wildman–Crippen MR) is 84.7 cm³/mol. The third-order valence-electron chi connectivity index (χ3n) is 3.23. The van der Waals surface area contributed by atoms with Crippen molar-refractivity contribution in [3.8, 4) is 0 Å². The summed E-state index contributed by atoms with van der Waals surface area (Å²) in [5.74, 6) is 1.75. The number of aromatic nitrogens is 1. The molecule has 1 aromatic rings. The molecule has 0 aliphatic carbocycles. The molecule has 1 atom stereocenters. The summed E-state index contributed by atoms with van der Waals surface area (Å²) in [6.07, 6.45) is 2.84. The van der Waals surface area contributed by atoms with Crippen LogP contribution in [0, 0.1) is 0 Å². The van der Waals surface area contributed by atoms with Crippen LogP contribution in [0.1, 0.15) is 20.3 Å². The molecule has 2 heterocycles. The van der Waals surface area contributed by atoms with E-state index >= 15 is 0 Å². The average Bonchev–Trinajstić information content (AvgIpc) is 2.88. The summed E-state index contributed by atoms with van der Waals surface area (Å²) >= 11 is 6.20. The Morgan fingerprint density at radius 3 is 3.10 bits per heavy atom. The van der Waals surface area contributed by atoms with Gasteiger partial charge in [0, 0.05) is 38.4 Å². The Balaban J connectivity index is 1.95. The molecule has 0 bridgehead atoms. The number of halogens is 1. The maximum Gasteiger partial charge on any atom is 0.191 e. The Bertz CT molecular complexity index is 463. The second-order valence-electron chi connectivity index (χ2n) is 4.74. The minimum Gasteiger partial charge on any atom is -0.357 e. The third-order valence-corrected chi connectivity index (χ3v) is 3.52. The molecule has 1 saturated heterocycles. The second-order valence-corrected chi connectivity index (χ2v) is 5.15. The standard InChI is InChI=1S/C14H22ClN5/c1-3-16-14(17-4-2)19-11-7-9-20(10-11)13-12(15)6-5-8-18-13/h5-6,8,11H,3-4,7,9-10H2,1-2H3,(H2,16,17,19). The van der Waals surface area contributed by atoms with E-state index < -0.39 is 0 Å². The molecule has 2 N–H and O–H groups in total. The number of guanidine groups is 1. The molecule has 0 aromatic carbocycles. The molecular formula is C14H22ClN5. The molecule has 0 amide bonds. The molecule has 1 aliphatic heterocycles. The topological polar surface area (TPSA) is 52.6 Å². The predicted octanol–water partition coefficient (Wildman–Crippen LogP) is 1.89. The number of hydrogen-bond donors (Lipinski definition) is 2. The van der Waals surface area contributed by atoms with E-state index in [1.54, 1.807) is 6.20 Å². The van der Waals surface area contributed by atoms with E-state index in [0.717, 1.165) is 44.4 Å². The normalized spacial score (nSPS) is 19.2. The SMILES string of the molecule is CCN=C(NCC)NC1CCN(c2ncccc2Cl)C1. The quantitative estimate of drug-likeness (QED) is 0.658. The lowest BCUT2D eigenvalue weighted by Crippen LogP contribution is -2.44. The summed E-state index contributed by atoms with van der Waals surface area (Å²) in [5, 5.41) is 7.43. The van der Waals surface area contributed by atoms with Crippen LogP contribution in [0.5, 0.6) is 0 Å². The first kappa shape index (κ1) is 14.9. The molecule has 1 aliphatic rings. The summed E-state index contributed by atoms with van der Waals surface area (Å²) in [6, 6.07) is 4.11. The molecule has 0 saturated carbocycles. The highest BCUT2D eigenvalue weighted by Gasteiger charge is 2.25. The fourth-order valence-corrected chi connectivity index (χ4v) is 2.59. The van der Waals surface area contributed by atoms with Gasteiger partial charge < -0.3 is 15.5 Å². The number of rotatable bonds is 4. The van der Waals surface area contributed by atoms with Gasteiger partial charge in [-0.15, -0.1) is 0 Å². The van der Waals surface area contributed by atoms with Gasteiger partial charge in [-0.1, -0.05) is 11.6 Å². The van der Waals surface area contributed by atoms with Crippen molar-refractivity contribution in [2.24, 2.45) is 4.99 Å². The van der Waals surface area contributed by atoms with Gasteiger partial charge in [0.25, 0.3) is 0 Å². The zero-order valence-corrected chi connectivity index (χ0v) is 12.8. The van der Waals surface area contributed by atoms with Gasteiger partial charge in [-0.05, 0) is 32.4 Å². The van der Waals surface area contributed by atoms with E-state index in [1.807, 2.05) is 19.1 Å². The molecule has 6 heteroatoms. The van der Waals surface area contributed by atoms with Gasteiger partial charge in [-0.2, -0.15) is 0 Å². The Kier molecular flexibility index (Phi) is 5.47. The van der Waals surface area contributed by atoms with Gasteiger partial charge in [0.15, 0.2) is 5.96 Å². The van der Waals surface area contributed by atoms with Crippen LogP contribution >= 0.6 is 11.6 Å². The van der Waals surface area contributed by atoms with Crippen molar-refractivity contribution >= 4 is 23.4 Å². The van der Waals surface area contributed by atoms with Crippen LogP contribution in [-0.2, 0) is 0 Å².